The maximum absolute atomic E-state index is 11.9. The summed E-state index contributed by atoms with van der Waals surface area (Å²) >= 11 is 0. The zero-order valence-corrected chi connectivity index (χ0v) is 10.7. The first-order valence-corrected chi connectivity index (χ1v) is 6.42. The zero-order chi connectivity index (χ0) is 13.7. The number of hydrogen-bond donors (Lipinski definition) is 1. The smallest absolute Gasteiger partial charge is 0.260 e. The number of nitrogens with zero attached hydrogens (tertiary/aromatic N) is 1. The third-order valence-electron chi connectivity index (χ3n) is 3.36. The Balaban J connectivity index is 1.77. The predicted octanol–water partition coefficient (Wildman–Crippen LogP) is 0.789. The van der Waals surface area contributed by atoms with Crippen molar-refractivity contribution < 1.29 is 14.3 Å². The number of primary amides is 1. The van der Waals surface area contributed by atoms with Crippen molar-refractivity contribution in [1.29, 1.82) is 0 Å². The van der Waals surface area contributed by atoms with E-state index in [-0.39, 0.29) is 24.3 Å². The largest absolute Gasteiger partial charge is 0.484 e. The van der Waals surface area contributed by atoms with Crippen LogP contribution in [0.3, 0.4) is 0 Å². The lowest BCUT2D eigenvalue weighted by Crippen LogP contribution is -2.43. The Morgan fingerprint density at radius 1 is 1.21 bits per heavy atom. The maximum Gasteiger partial charge on any atom is 0.260 e. The second kappa shape index (κ2) is 6.22. The molecule has 2 rings (SSSR count). The van der Waals surface area contributed by atoms with Gasteiger partial charge in [-0.15, -0.1) is 0 Å². The number of rotatable bonds is 4. The highest BCUT2D eigenvalue weighted by molar-refractivity contribution is 5.79. The number of carbonyl (C=O) groups excluding carboxylic acids is 2. The molecule has 0 aromatic heterocycles. The summed E-state index contributed by atoms with van der Waals surface area (Å²) in [6, 6.07) is 9.23. The van der Waals surface area contributed by atoms with Gasteiger partial charge in [0.25, 0.3) is 5.91 Å². The highest BCUT2D eigenvalue weighted by atomic mass is 16.5. The predicted molar refractivity (Wildman–Crippen MR) is 70.4 cm³/mol. The van der Waals surface area contributed by atoms with E-state index in [1.54, 1.807) is 4.90 Å². The number of ether oxygens (including phenoxy) is 1. The van der Waals surface area contributed by atoms with E-state index >= 15 is 0 Å². The highest BCUT2D eigenvalue weighted by Gasteiger charge is 2.25. The lowest BCUT2D eigenvalue weighted by molar-refractivity contribution is -0.136. The van der Waals surface area contributed by atoms with Crippen molar-refractivity contribution in [2.24, 2.45) is 11.7 Å². The Bertz CT molecular complexity index is 439. The van der Waals surface area contributed by atoms with Crippen LogP contribution in [0.1, 0.15) is 12.8 Å². The van der Waals surface area contributed by atoms with Gasteiger partial charge in [0.2, 0.25) is 5.91 Å². The molecule has 5 heteroatoms. The van der Waals surface area contributed by atoms with E-state index in [0.717, 1.165) is 0 Å². The van der Waals surface area contributed by atoms with Crippen LogP contribution in [0.5, 0.6) is 5.75 Å². The quantitative estimate of drug-likeness (QED) is 0.872. The van der Waals surface area contributed by atoms with Crippen LogP contribution >= 0.6 is 0 Å². The number of nitrogens with two attached hydrogens (primary N) is 1. The molecule has 0 aliphatic carbocycles. The van der Waals surface area contributed by atoms with Gasteiger partial charge >= 0.3 is 0 Å². The maximum atomic E-state index is 11.9. The molecule has 1 aromatic rings. The van der Waals surface area contributed by atoms with Crippen molar-refractivity contribution in [2.45, 2.75) is 12.8 Å². The summed E-state index contributed by atoms with van der Waals surface area (Å²) in [5.41, 5.74) is 5.26. The summed E-state index contributed by atoms with van der Waals surface area (Å²) in [7, 11) is 0. The second-order valence-corrected chi connectivity index (χ2v) is 4.66. The van der Waals surface area contributed by atoms with Crippen LogP contribution in [0, 0.1) is 5.92 Å². The summed E-state index contributed by atoms with van der Waals surface area (Å²) in [5, 5.41) is 0. The molecule has 19 heavy (non-hydrogen) atoms. The van der Waals surface area contributed by atoms with Crippen LogP contribution in [0.25, 0.3) is 0 Å². The second-order valence-electron chi connectivity index (χ2n) is 4.66. The van der Waals surface area contributed by atoms with Gasteiger partial charge in [0, 0.05) is 19.0 Å². The van der Waals surface area contributed by atoms with Gasteiger partial charge in [0.1, 0.15) is 5.75 Å². The van der Waals surface area contributed by atoms with Crippen LogP contribution < -0.4 is 10.5 Å². The molecule has 0 atom stereocenters. The van der Waals surface area contributed by atoms with Crippen LogP contribution in [0.15, 0.2) is 30.3 Å². The Morgan fingerprint density at radius 3 is 2.42 bits per heavy atom. The molecule has 1 aliphatic heterocycles. The standard InChI is InChI=1S/C14H18N2O3/c15-14(18)11-6-8-16(9-7-11)13(17)10-19-12-4-2-1-3-5-12/h1-5,11H,6-10H2,(H2,15,18). The van der Waals surface area contributed by atoms with Gasteiger partial charge in [-0.05, 0) is 25.0 Å². The molecular formula is C14H18N2O3. The fourth-order valence-electron chi connectivity index (χ4n) is 2.17. The molecule has 2 N–H and O–H groups in total. The fraction of sp³-hybridized carbons (Fsp3) is 0.429. The van der Waals surface area contributed by atoms with E-state index < -0.39 is 0 Å². The molecule has 5 nitrogen and oxygen atoms in total. The molecule has 1 saturated heterocycles. The Hall–Kier alpha value is -2.04. The molecule has 0 spiro atoms. The van der Waals surface area contributed by atoms with Crippen molar-refractivity contribution in [2.75, 3.05) is 19.7 Å². The minimum absolute atomic E-state index is 0.0330. The molecule has 0 saturated carbocycles. The molecule has 1 heterocycles. The van der Waals surface area contributed by atoms with E-state index in [1.807, 2.05) is 30.3 Å². The van der Waals surface area contributed by atoms with Gasteiger partial charge in [-0.25, -0.2) is 0 Å². The summed E-state index contributed by atoms with van der Waals surface area (Å²) in [5.74, 6) is 0.265. The average molecular weight is 262 g/mol. The average Bonchev–Trinajstić information content (AvgIpc) is 2.46. The molecule has 1 aliphatic rings. The normalized spacial score (nSPS) is 16.1. The van der Waals surface area contributed by atoms with Gasteiger partial charge in [-0.2, -0.15) is 0 Å². The SMILES string of the molecule is NC(=O)C1CCN(C(=O)COc2ccccc2)CC1. The van der Waals surface area contributed by atoms with Crippen molar-refractivity contribution in [3.63, 3.8) is 0 Å². The fourth-order valence-corrected chi connectivity index (χ4v) is 2.17. The first-order valence-electron chi connectivity index (χ1n) is 6.42. The molecule has 0 unspecified atom stereocenters. The van der Waals surface area contributed by atoms with E-state index in [1.165, 1.54) is 0 Å². The highest BCUT2D eigenvalue weighted by Crippen LogP contribution is 2.17. The summed E-state index contributed by atoms with van der Waals surface area (Å²) in [4.78, 5) is 24.7. The lowest BCUT2D eigenvalue weighted by Gasteiger charge is -2.30. The molecule has 1 fully saturated rings. The summed E-state index contributed by atoms with van der Waals surface area (Å²) in [6.45, 7) is 1.18. The molecule has 0 radical (unpaired) electrons. The number of para-hydroxylation sites is 1. The number of carbonyl (C=O) groups is 2. The van der Waals surface area contributed by atoms with E-state index in [2.05, 4.69) is 0 Å². The van der Waals surface area contributed by atoms with Crippen molar-refractivity contribution in [3.8, 4) is 5.75 Å². The minimum atomic E-state index is -0.271. The molecule has 1 aromatic carbocycles. The first-order chi connectivity index (χ1) is 9.16. The van der Waals surface area contributed by atoms with Crippen molar-refractivity contribution >= 4 is 11.8 Å². The summed E-state index contributed by atoms with van der Waals surface area (Å²) in [6.07, 6.45) is 1.29. The third-order valence-corrected chi connectivity index (χ3v) is 3.36. The van der Waals surface area contributed by atoms with Gasteiger partial charge in [-0.1, -0.05) is 18.2 Å². The molecular weight excluding hydrogens is 244 g/mol. The van der Waals surface area contributed by atoms with Crippen LogP contribution in [0.4, 0.5) is 0 Å². The van der Waals surface area contributed by atoms with Crippen LogP contribution in [0.2, 0.25) is 0 Å². The minimum Gasteiger partial charge on any atom is -0.484 e. The van der Waals surface area contributed by atoms with E-state index in [4.69, 9.17) is 10.5 Å². The summed E-state index contributed by atoms with van der Waals surface area (Å²) < 4.78 is 5.41. The van der Waals surface area contributed by atoms with Crippen molar-refractivity contribution in [1.82, 2.24) is 4.90 Å². The number of piperidine rings is 1. The number of likely N-dealkylation sites (tertiary alicyclic amines) is 1. The van der Waals surface area contributed by atoms with Gasteiger partial charge < -0.3 is 15.4 Å². The number of hydrogen-bond acceptors (Lipinski definition) is 3. The molecule has 2 amide bonds. The number of benzene rings is 1. The van der Waals surface area contributed by atoms with Gasteiger partial charge in [0.15, 0.2) is 6.61 Å². The first kappa shape index (κ1) is 13.4. The monoisotopic (exact) mass is 262 g/mol. The Morgan fingerprint density at radius 2 is 1.84 bits per heavy atom. The van der Waals surface area contributed by atoms with E-state index in [0.29, 0.717) is 31.7 Å². The third kappa shape index (κ3) is 3.71. The van der Waals surface area contributed by atoms with Gasteiger partial charge in [0.05, 0.1) is 0 Å². The van der Waals surface area contributed by atoms with Crippen LogP contribution in [-0.2, 0) is 9.59 Å². The Kier molecular flexibility index (Phi) is 4.39. The van der Waals surface area contributed by atoms with Gasteiger partial charge in [-0.3, -0.25) is 9.59 Å². The number of amides is 2. The lowest BCUT2D eigenvalue weighted by atomic mass is 9.96. The molecule has 102 valence electrons. The van der Waals surface area contributed by atoms with Crippen LogP contribution in [-0.4, -0.2) is 36.4 Å². The zero-order valence-electron chi connectivity index (χ0n) is 10.7. The van der Waals surface area contributed by atoms with E-state index in [9.17, 15) is 9.59 Å². The molecule has 0 bridgehead atoms. The Labute approximate surface area is 112 Å². The van der Waals surface area contributed by atoms with Crippen molar-refractivity contribution in [3.05, 3.63) is 30.3 Å². The topological polar surface area (TPSA) is 72.6 Å².